The Kier molecular flexibility index (Phi) is 5.78. The van der Waals surface area contributed by atoms with E-state index in [-0.39, 0.29) is 11.5 Å². The van der Waals surface area contributed by atoms with Gasteiger partial charge in [-0.05, 0) is 30.5 Å². The van der Waals surface area contributed by atoms with Gasteiger partial charge in [-0.2, -0.15) is 0 Å². The topological polar surface area (TPSA) is 81.0 Å². The molecule has 0 saturated carbocycles. The van der Waals surface area contributed by atoms with Crippen molar-refractivity contribution in [1.82, 2.24) is 10.2 Å². The quantitative estimate of drug-likeness (QED) is 0.508. The summed E-state index contributed by atoms with van der Waals surface area (Å²) < 4.78 is 16.5. The van der Waals surface area contributed by atoms with Crippen LogP contribution in [0, 0.1) is 0 Å². The summed E-state index contributed by atoms with van der Waals surface area (Å²) >= 11 is 0. The highest BCUT2D eigenvalue weighted by atomic mass is 16.5. The lowest BCUT2D eigenvalue weighted by Crippen LogP contribution is -2.43. The van der Waals surface area contributed by atoms with E-state index < -0.39 is 6.10 Å². The van der Waals surface area contributed by atoms with Gasteiger partial charge in [-0.15, -0.1) is 0 Å². The molecule has 1 fully saturated rings. The third-order valence-corrected chi connectivity index (χ3v) is 5.11. The molecule has 1 aliphatic rings. The van der Waals surface area contributed by atoms with Crippen molar-refractivity contribution in [1.29, 1.82) is 0 Å². The highest BCUT2D eigenvalue weighted by Crippen LogP contribution is 2.26. The molecule has 1 saturated heterocycles. The van der Waals surface area contributed by atoms with E-state index in [0.717, 1.165) is 43.6 Å². The maximum absolute atomic E-state index is 12.3. The molecule has 2 heterocycles. The second-order valence-electron chi connectivity index (χ2n) is 7.10. The van der Waals surface area contributed by atoms with Crippen molar-refractivity contribution in [2.75, 3.05) is 39.4 Å². The Balaban J connectivity index is 1.41. The third kappa shape index (κ3) is 4.41. The minimum Gasteiger partial charge on any atom is -0.481 e. The molecule has 29 heavy (non-hydrogen) atoms. The van der Waals surface area contributed by atoms with Crippen LogP contribution in [0.25, 0.3) is 21.7 Å². The van der Waals surface area contributed by atoms with Gasteiger partial charge in [0.1, 0.15) is 11.3 Å². The molecule has 0 radical (unpaired) electrons. The molecule has 152 valence electrons. The van der Waals surface area contributed by atoms with Crippen LogP contribution in [0.3, 0.4) is 0 Å². The van der Waals surface area contributed by atoms with Crippen LogP contribution in [0.4, 0.5) is 0 Å². The van der Waals surface area contributed by atoms with Gasteiger partial charge in [-0.3, -0.25) is 9.69 Å². The predicted octanol–water partition coefficient (Wildman–Crippen LogP) is 2.16. The fourth-order valence-electron chi connectivity index (χ4n) is 3.50. The number of carbonyl (C=O) groups excluding carboxylic acids is 1. The van der Waals surface area contributed by atoms with Crippen LogP contribution in [0.15, 0.2) is 51.7 Å². The average Bonchev–Trinajstić information content (AvgIpc) is 2.74. The molecule has 0 unspecified atom stereocenters. The third-order valence-electron chi connectivity index (χ3n) is 5.11. The van der Waals surface area contributed by atoms with Crippen molar-refractivity contribution < 1.29 is 18.7 Å². The van der Waals surface area contributed by atoms with Gasteiger partial charge in [0.15, 0.2) is 6.10 Å². The van der Waals surface area contributed by atoms with Crippen LogP contribution < -0.4 is 15.7 Å². The largest absolute Gasteiger partial charge is 0.481 e. The lowest BCUT2D eigenvalue weighted by Gasteiger charge is -2.26. The second kappa shape index (κ2) is 8.63. The van der Waals surface area contributed by atoms with E-state index in [1.165, 1.54) is 0 Å². The molecule has 1 aliphatic heterocycles. The zero-order valence-electron chi connectivity index (χ0n) is 16.3. The average molecular weight is 396 g/mol. The van der Waals surface area contributed by atoms with Crippen molar-refractivity contribution in [3.8, 4) is 5.75 Å². The lowest BCUT2D eigenvalue weighted by molar-refractivity contribution is -0.127. The van der Waals surface area contributed by atoms with E-state index >= 15 is 0 Å². The van der Waals surface area contributed by atoms with Crippen molar-refractivity contribution in [3.63, 3.8) is 0 Å². The van der Waals surface area contributed by atoms with E-state index in [1.54, 1.807) is 25.1 Å². The fraction of sp³-hybridized carbons (Fsp3) is 0.364. The molecular weight excluding hydrogens is 372 g/mol. The smallest absolute Gasteiger partial charge is 0.344 e. The van der Waals surface area contributed by atoms with E-state index in [2.05, 4.69) is 10.2 Å². The Morgan fingerprint density at radius 1 is 1.14 bits per heavy atom. The summed E-state index contributed by atoms with van der Waals surface area (Å²) in [6.45, 7) is 6.30. The molecule has 3 aromatic rings. The first-order chi connectivity index (χ1) is 14.1. The maximum Gasteiger partial charge on any atom is 0.344 e. The van der Waals surface area contributed by atoms with Crippen LogP contribution >= 0.6 is 0 Å². The van der Waals surface area contributed by atoms with Crippen molar-refractivity contribution in [2.45, 2.75) is 13.0 Å². The Morgan fingerprint density at radius 2 is 1.90 bits per heavy atom. The van der Waals surface area contributed by atoms with Crippen LogP contribution in [0.1, 0.15) is 6.92 Å². The van der Waals surface area contributed by atoms with E-state index in [4.69, 9.17) is 13.9 Å². The van der Waals surface area contributed by atoms with Gasteiger partial charge in [0.25, 0.3) is 5.91 Å². The van der Waals surface area contributed by atoms with Gasteiger partial charge >= 0.3 is 5.63 Å². The molecule has 4 rings (SSSR count). The Labute approximate surface area is 168 Å². The van der Waals surface area contributed by atoms with E-state index in [0.29, 0.717) is 23.3 Å². The molecular formula is C22H24N2O5. The number of hydrogen-bond donors (Lipinski definition) is 1. The second-order valence-corrected chi connectivity index (χ2v) is 7.10. The number of nitrogens with zero attached hydrogens (tertiary/aromatic N) is 1. The molecule has 1 aromatic heterocycles. The molecule has 1 N–H and O–H groups in total. The number of rotatable bonds is 6. The SMILES string of the molecule is C[C@H](Oc1ccc2c(c1)oc(=O)c1ccccc12)C(=O)NCCN1CCOCC1. The highest BCUT2D eigenvalue weighted by molar-refractivity contribution is 6.04. The summed E-state index contributed by atoms with van der Waals surface area (Å²) in [6.07, 6.45) is -0.663. The molecule has 0 spiro atoms. The number of benzene rings is 2. The van der Waals surface area contributed by atoms with Crippen LogP contribution in [0.2, 0.25) is 0 Å². The number of amides is 1. The van der Waals surface area contributed by atoms with Crippen molar-refractivity contribution in [3.05, 3.63) is 52.9 Å². The molecule has 0 bridgehead atoms. The first-order valence-electron chi connectivity index (χ1n) is 9.82. The summed E-state index contributed by atoms with van der Waals surface area (Å²) in [5, 5.41) is 5.11. The molecule has 7 nitrogen and oxygen atoms in total. The van der Waals surface area contributed by atoms with Crippen molar-refractivity contribution >= 4 is 27.6 Å². The van der Waals surface area contributed by atoms with Crippen molar-refractivity contribution in [2.24, 2.45) is 0 Å². The first kappa shape index (κ1) is 19.4. The summed E-state index contributed by atoms with van der Waals surface area (Å²) in [5.74, 6) is 0.296. The van der Waals surface area contributed by atoms with Crippen LogP contribution in [-0.2, 0) is 9.53 Å². The Hall–Kier alpha value is -2.90. The van der Waals surface area contributed by atoms with Gasteiger partial charge in [0.05, 0.1) is 18.6 Å². The molecule has 2 aromatic carbocycles. The number of ether oxygens (including phenoxy) is 2. The van der Waals surface area contributed by atoms with E-state index in [9.17, 15) is 9.59 Å². The van der Waals surface area contributed by atoms with Gasteiger partial charge in [0, 0.05) is 37.6 Å². The lowest BCUT2D eigenvalue weighted by atomic mass is 10.1. The number of carbonyl (C=O) groups is 1. The number of fused-ring (bicyclic) bond motifs is 3. The normalized spacial score (nSPS) is 16.0. The minimum atomic E-state index is -0.663. The summed E-state index contributed by atoms with van der Waals surface area (Å²) in [7, 11) is 0. The molecule has 7 heteroatoms. The predicted molar refractivity (Wildman–Crippen MR) is 110 cm³/mol. The zero-order valence-corrected chi connectivity index (χ0v) is 16.3. The zero-order chi connectivity index (χ0) is 20.2. The molecule has 1 atom stereocenters. The first-order valence-corrected chi connectivity index (χ1v) is 9.82. The van der Waals surface area contributed by atoms with Crippen LogP contribution in [0.5, 0.6) is 5.75 Å². The number of nitrogens with one attached hydrogen (secondary N) is 1. The monoisotopic (exact) mass is 396 g/mol. The van der Waals surface area contributed by atoms with Crippen LogP contribution in [-0.4, -0.2) is 56.3 Å². The summed E-state index contributed by atoms with van der Waals surface area (Å²) in [5.41, 5.74) is 0.0466. The molecule has 1 amide bonds. The minimum absolute atomic E-state index is 0.182. The summed E-state index contributed by atoms with van der Waals surface area (Å²) in [4.78, 5) is 26.8. The molecule has 0 aliphatic carbocycles. The summed E-state index contributed by atoms with van der Waals surface area (Å²) in [6, 6.07) is 12.6. The van der Waals surface area contributed by atoms with Gasteiger partial charge in [0.2, 0.25) is 0 Å². The van der Waals surface area contributed by atoms with Gasteiger partial charge in [-0.1, -0.05) is 18.2 Å². The van der Waals surface area contributed by atoms with Gasteiger partial charge in [-0.25, -0.2) is 4.79 Å². The standard InChI is InChI=1S/C22H24N2O5/c1-15(21(25)23-8-9-24-10-12-27-13-11-24)28-16-6-7-18-17-4-2-3-5-19(17)22(26)29-20(18)14-16/h2-7,14-15H,8-13H2,1H3,(H,23,25)/t15-/m0/s1. The van der Waals surface area contributed by atoms with Gasteiger partial charge < -0.3 is 19.2 Å². The number of hydrogen-bond acceptors (Lipinski definition) is 6. The Bertz CT molecular complexity index is 1070. The maximum atomic E-state index is 12.3. The van der Waals surface area contributed by atoms with E-state index in [1.807, 2.05) is 24.3 Å². The Morgan fingerprint density at radius 3 is 2.69 bits per heavy atom. The fourth-order valence-corrected chi connectivity index (χ4v) is 3.50. The highest BCUT2D eigenvalue weighted by Gasteiger charge is 2.16. The number of morpholine rings is 1.